The van der Waals surface area contributed by atoms with Crippen molar-refractivity contribution >= 4 is 45.2 Å². The summed E-state index contributed by atoms with van der Waals surface area (Å²) in [6, 6.07) is 14.2. The average molecular weight is 408 g/mol. The zero-order chi connectivity index (χ0) is 17.5. The second-order valence-corrected chi connectivity index (χ2v) is 7.39. The number of likely N-dealkylation sites (N-methyl/N-ethyl adjacent to an activating group) is 1. The van der Waals surface area contributed by atoms with Gasteiger partial charge < -0.3 is 4.90 Å². The molecule has 0 N–H and O–H groups in total. The van der Waals surface area contributed by atoms with Crippen molar-refractivity contribution in [2.24, 2.45) is 0 Å². The number of imide groups is 1. The number of halogens is 2. The maximum absolute atomic E-state index is 13.0. The lowest BCUT2D eigenvalue weighted by Gasteiger charge is -2.28. The number of anilines is 1. The number of amides is 3. The molecule has 3 amide bonds. The highest BCUT2D eigenvalue weighted by atomic mass is 79.9. The largest absolute Gasteiger partial charge is 0.332 e. The molecule has 0 radical (unpaired) electrons. The summed E-state index contributed by atoms with van der Waals surface area (Å²) in [5.41, 5.74) is 0.540. The van der Waals surface area contributed by atoms with Crippen molar-refractivity contribution in [1.82, 2.24) is 4.90 Å². The van der Waals surface area contributed by atoms with E-state index < -0.39 is 5.54 Å². The number of hydrogen-bond acceptors (Lipinski definition) is 2. The summed E-state index contributed by atoms with van der Waals surface area (Å²) < 4.78 is 0.971. The second kappa shape index (κ2) is 6.22. The molecule has 0 unspecified atom stereocenters. The summed E-state index contributed by atoms with van der Waals surface area (Å²) in [7, 11) is 1.66. The van der Waals surface area contributed by atoms with E-state index in [4.69, 9.17) is 11.6 Å². The normalized spacial score (nSPS) is 20.8. The molecule has 3 rings (SSSR count). The van der Waals surface area contributed by atoms with Gasteiger partial charge in [-0.05, 0) is 42.8 Å². The van der Waals surface area contributed by atoms with E-state index in [1.165, 1.54) is 9.80 Å². The van der Waals surface area contributed by atoms with Crippen molar-refractivity contribution in [3.63, 3.8) is 0 Å². The minimum Gasteiger partial charge on any atom is -0.312 e. The van der Waals surface area contributed by atoms with Gasteiger partial charge >= 0.3 is 6.03 Å². The predicted octanol–water partition coefficient (Wildman–Crippen LogP) is 4.50. The molecule has 1 saturated heterocycles. The van der Waals surface area contributed by atoms with Gasteiger partial charge in [0.05, 0.1) is 5.69 Å². The van der Waals surface area contributed by atoms with Crippen LogP contribution < -0.4 is 4.90 Å². The van der Waals surface area contributed by atoms with Crippen LogP contribution in [0.1, 0.15) is 12.5 Å². The van der Waals surface area contributed by atoms with Gasteiger partial charge in [-0.15, -0.1) is 0 Å². The first-order valence-corrected chi connectivity index (χ1v) is 8.62. The van der Waals surface area contributed by atoms with Gasteiger partial charge in [0.15, 0.2) is 0 Å². The Morgan fingerprint density at radius 2 is 1.79 bits per heavy atom. The summed E-state index contributed by atoms with van der Waals surface area (Å²) in [4.78, 5) is 28.4. The molecule has 0 aliphatic carbocycles. The van der Waals surface area contributed by atoms with Crippen molar-refractivity contribution in [3.8, 4) is 0 Å². The maximum atomic E-state index is 13.0. The highest BCUT2D eigenvalue weighted by Gasteiger charge is 2.53. The number of carbonyl (C=O) groups is 2. The Labute approximate surface area is 154 Å². The van der Waals surface area contributed by atoms with E-state index in [-0.39, 0.29) is 11.9 Å². The summed E-state index contributed by atoms with van der Waals surface area (Å²) in [5, 5.41) is 0.484. The molecule has 1 heterocycles. The SMILES string of the molecule is CN1C(=O)N(c2cccc(Cl)c2)C(=O)[C@@]1(C)Cc1ccc(Br)cc1. The number of urea groups is 1. The van der Waals surface area contributed by atoms with Crippen LogP contribution in [0.4, 0.5) is 10.5 Å². The Bertz CT molecular complexity index is 809. The summed E-state index contributed by atoms with van der Waals surface area (Å²) in [6.07, 6.45) is 0.443. The topological polar surface area (TPSA) is 40.6 Å². The standard InChI is InChI=1S/C18H16BrClN2O2/c1-18(11-12-6-8-13(19)9-7-12)16(23)22(17(24)21(18)2)15-5-3-4-14(20)10-15/h3-10H,11H2,1-2H3/t18-/m1/s1. The van der Waals surface area contributed by atoms with E-state index in [0.717, 1.165) is 10.0 Å². The van der Waals surface area contributed by atoms with Gasteiger partial charge in [0.2, 0.25) is 0 Å². The zero-order valence-corrected chi connectivity index (χ0v) is 15.6. The van der Waals surface area contributed by atoms with Crippen LogP contribution in [0.5, 0.6) is 0 Å². The van der Waals surface area contributed by atoms with E-state index in [2.05, 4.69) is 15.9 Å². The molecule has 1 fully saturated rings. The van der Waals surface area contributed by atoms with Gasteiger partial charge in [-0.25, -0.2) is 9.69 Å². The lowest BCUT2D eigenvalue weighted by atomic mass is 9.91. The molecule has 0 aromatic heterocycles. The van der Waals surface area contributed by atoms with Crippen molar-refractivity contribution in [2.75, 3.05) is 11.9 Å². The quantitative estimate of drug-likeness (QED) is 0.703. The minimum absolute atomic E-state index is 0.250. The molecule has 1 aliphatic heterocycles. The Morgan fingerprint density at radius 1 is 1.12 bits per heavy atom. The zero-order valence-electron chi connectivity index (χ0n) is 13.3. The predicted molar refractivity (Wildman–Crippen MR) is 98.3 cm³/mol. The first-order valence-electron chi connectivity index (χ1n) is 7.45. The van der Waals surface area contributed by atoms with Gasteiger partial charge in [0.25, 0.3) is 5.91 Å². The number of benzene rings is 2. The van der Waals surface area contributed by atoms with E-state index in [0.29, 0.717) is 17.1 Å². The lowest BCUT2D eigenvalue weighted by molar-refractivity contribution is -0.123. The first kappa shape index (κ1) is 17.0. The van der Waals surface area contributed by atoms with Crippen LogP contribution in [-0.2, 0) is 11.2 Å². The van der Waals surface area contributed by atoms with Crippen molar-refractivity contribution < 1.29 is 9.59 Å². The fourth-order valence-electron chi connectivity index (χ4n) is 2.87. The molecule has 1 aliphatic rings. The molecule has 1 atom stereocenters. The molecule has 2 aromatic carbocycles. The van der Waals surface area contributed by atoms with Crippen molar-refractivity contribution in [2.45, 2.75) is 18.9 Å². The molecule has 0 spiro atoms. The average Bonchev–Trinajstić information content (AvgIpc) is 2.71. The number of hydrogen-bond donors (Lipinski definition) is 0. The van der Waals surface area contributed by atoms with E-state index in [9.17, 15) is 9.59 Å². The molecule has 124 valence electrons. The number of nitrogens with zero attached hydrogens (tertiary/aromatic N) is 2. The first-order chi connectivity index (χ1) is 11.3. The lowest BCUT2D eigenvalue weighted by Crippen LogP contribution is -2.47. The van der Waals surface area contributed by atoms with Crippen LogP contribution in [0.2, 0.25) is 5.02 Å². The van der Waals surface area contributed by atoms with Crippen LogP contribution >= 0.6 is 27.5 Å². The molecule has 2 aromatic rings. The fraction of sp³-hybridized carbons (Fsp3) is 0.222. The minimum atomic E-state index is -0.937. The molecule has 0 saturated carbocycles. The van der Waals surface area contributed by atoms with Gasteiger partial charge in [-0.3, -0.25) is 4.79 Å². The van der Waals surface area contributed by atoms with Crippen LogP contribution in [0.3, 0.4) is 0 Å². The Morgan fingerprint density at radius 3 is 2.42 bits per heavy atom. The maximum Gasteiger partial charge on any atom is 0.332 e. The second-order valence-electron chi connectivity index (χ2n) is 6.04. The van der Waals surface area contributed by atoms with Gasteiger partial charge in [0.1, 0.15) is 5.54 Å². The molecule has 4 nitrogen and oxygen atoms in total. The molecule has 6 heteroatoms. The molecular formula is C18H16BrClN2O2. The van der Waals surface area contributed by atoms with Crippen molar-refractivity contribution in [1.29, 1.82) is 0 Å². The molecule has 24 heavy (non-hydrogen) atoms. The highest BCUT2D eigenvalue weighted by molar-refractivity contribution is 9.10. The van der Waals surface area contributed by atoms with Crippen LogP contribution in [-0.4, -0.2) is 29.4 Å². The number of carbonyl (C=O) groups excluding carboxylic acids is 2. The van der Waals surface area contributed by atoms with Crippen molar-refractivity contribution in [3.05, 3.63) is 63.6 Å². The van der Waals surface area contributed by atoms with Crippen LogP contribution in [0.15, 0.2) is 53.0 Å². The fourth-order valence-corrected chi connectivity index (χ4v) is 3.32. The Hall–Kier alpha value is -1.85. The third-order valence-corrected chi connectivity index (χ3v) is 5.17. The summed E-state index contributed by atoms with van der Waals surface area (Å²) in [6.45, 7) is 1.79. The van der Waals surface area contributed by atoms with Crippen LogP contribution in [0.25, 0.3) is 0 Å². The third kappa shape index (κ3) is 2.82. The monoisotopic (exact) mass is 406 g/mol. The van der Waals surface area contributed by atoms with Gasteiger partial charge in [-0.1, -0.05) is 45.7 Å². The van der Waals surface area contributed by atoms with Gasteiger partial charge in [0, 0.05) is 23.0 Å². The Balaban J connectivity index is 1.96. The van der Waals surface area contributed by atoms with E-state index in [1.807, 2.05) is 24.3 Å². The highest BCUT2D eigenvalue weighted by Crippen LogP contribution is 2.34. The molecular weight excluding hydrogens is 392 g/mol. The van der Waals surface area contributed by atoms with E-state index in [1.54, 1.807) is 38.2 Å². The van der Waals surface area contributed by atoms with Gasteiger partial charge in [-0.2, -0.15) is 0 Å². The smallest absolute Gasteiger partial charge is 0.312 e. The Kier molecular flexibility index (Phi) is 4.40. The summed E-state index contributed by atoms with van der Waals surface area (Å²) >= 11 is 9.40. The molecule has 0 bridgehead atoms. The number of rotatable bonds is 3. The summed E-state index contributed by atoms with van der Waals surface area (Å²) in [5.74, 6) is -0.250. The van der Waals surface area contributed by atoms with E-state index >= 15 is 0 Å². The third-order valence-electron chi connectivity index (χ3n) is 4.41. The van der Waals surface area contributed by atoms with Crippen LogP contribution in [0, 0.1) is 0 Å².